The third-order valence-corrected chi connectivity index (χ3v) is 5.81. The molecule has 3 rings (SSSR count). The maximum atomic E-state index is 12.3. The van der Waals surface area contributed by atoms with Crippen LogP contribution in [0.4, 0.5) is 5.69 Å². The van der Waals surface area contributed by atoms with Gasteiger partial charge in [-0.3, -0.25) is 4.79 Å². The van der Waals surface area contributed by atoms with Crippen LogP contribution in [0.25, 0.3) is 9.88 Å². The number of nitrogens with zero attached hydrogens (tertiary/aromatic N) is 1. The number of benzene rings is 1. The van der Waals surface area contributed by atoms with E-state index in [0.717, 1.165) is 30.6 Å². The lowest BCUT2D eigenvalue weighted by molar-refractivity contribution is 0.102. The minimum atomic E-state index is -0.102. The van der Waals surface area contributed by atoms with E-state index < -0.39 is 0 Å². The average Bonchev–Trinajstić information content (AvgIpc) is 3.06. The van der Waals surface area contributed by atoms with Crippen molar-refractivity contribution in [2.24, 2.45) is 0 Å². The van der Waals surface area contributed by atoms with Crippen LogP contribution in [-0.2, 0) is 0 Å². The molecule has 3 nitrogen and oxygen atoms in total. The highest BCUT2D eigenvalue weighted by molar-refractivity contribution is 9.10. The minimum absolute atomic E-state index is 0.102. The molecule has 0 fully saturated rings. The number of hydrogen-bond donors (Lipinski definition) is 1. The van der Waals surface area contributed by atoms with Crippen LogP contribution in [0.2, 0.25) is 0 Å². The second-order valence-electron chi connectivity index (χ2n) is 4.84. The Balaban J connectivity index is 1.82. The summed E-state index contributed by atoms with van der Waals surface area (Å²) in [6.07, 6.45) is 0. The van der Waals surface area contributed by atoms with Gasteiger partial charge in [0.25, 0.3) is 5.91 Å². The number of carbonyl (C=O) groups excluding carboxylic acids is 1. The number of anilines is 1. The smallest absolute Gasteiger partial charge is 0.255 e. The van der Waals surface area contributed by atoms with E-state index in [1.165, 1.54) is 0 Å². The van der Waals surface area contributed by atoms with Crippen molar-refractivity contribution in [3.63, 3.8) is 0 Å². The molecule has 6 heteroatoms. The standard InChI is InChI=1S/C16H13BrN2OS2/c1-9-8-21-16(18-9)14-7-13(10(2)22-14)19-15(20)11-3-5-12(17)6-4-11/h3-8H,1-2H3,(H,19,20). The summed E-state index contributed by atoms with van der Waals surface area (Å²) < 4.78 is 0.956. The molecule has 0 aliphatic carbocycles. The number of nitrogens with one attached hydrogen (secondary N) is 1. The predicted octanol–water partition coefficient (Wildman–Crippen LogP) is 5.50. The molecule has 1 amide bonds. The molecule has 0 saturated heterocycles. The van der Waals surface area contributed by atoms with Gasteiger partial charge < -0.3 is 5.32 Å². The van der Waals surface area contributed by atoms with Crippen molar-refractivity contribution < 1.29 is 4.79 Å². The van der Waals surface area contributed by atoms with Crippen LogP contribution in [0.3, 0.4) is 0 Å². The van der Waals surface area contributed by atoms with E-state index in [1.807, 2.05) is 37.4 Å². The average molecular weight is 393 g/mol. The first-order chi connectivity index (χ1) is 10.5. The molecule has 0 aliphatic heterocycles. The Morgan fingerprint density at radius 2 is 1.95 bits per heavy atom. The Bertz CT molecular complexity index is 821. The third kappa shape index (κ3) is 3.29. The molecule has 0 aliphatic rings. The molecular weight excluding hydrogens is 380 g/mol. The second kappa shape index (κ2) is 6.32. The zero-order valence-electron chi connectivity index (χ0n) is 12.0. The maximum absolute atomic E-state index is 12.3. The van der Waals surface area contributed by atoms with Crippen LogP contribution < -0.4 is 5.32 Å². The van der Waals surface area contributed by atoms with Crippen molar-refractivity contribution in [1.82, 2.24) is 4.98 Å². The Morgan fingerprint density at radius 3 is 2.59 bits per heavy atom. The zero-order valence-corrected chi connectivity index (χ0v) is 15.2. The van der Waals surface area contributed by atoms with Crippen molar-refractivity contribution in [2.45, 2.75) is 13.8 Å². The van der Waals surface area contributed by atoms with Crippen molar-refractivity contribution in [1.29, 1.82) is 0 Å². The summed E-state index contributed by atoms with van der Waals surface area (Å²) in [5, 5.41) is 6.00. The summed E-state index contributed by atoms with van der Waals surface area (Å²) in [4.78, 5) is 18.9. The largest absolute Gasteiger partial charge is 0.321 e. The number of thiazole rings is 1. The SMILES string of the molecule is Cc1csc(-c2cc(NC(=O)c3ccc(Br)cc3)c(C)s2)n1. The highest BCUT2D eigenvalue weighted by Crippen LogP contribution is 2.35. The normalized spacial score (nSPS) is 10.7. The van der Waals surface area contributed by atoms with Gasteiger partial charge in [0.1, 0.15) is 5.01 Å². The number of halogens is 1. The molecule has 3 aromatic rings. The molecule has 112 valence electrons. The summed E-state index contributed by atoms with van der Waals surface area (Å²) in [5.41, 5.74) is 2.51. The summed E-state index contributed by atoms with van der Waals surface area (Å²) in [6, 6.07) is 9.31. The molecule has 2 aromatic heterocycles. The fourth-order valence-electron chi connectivity index (χ4n) is 1.97. The van der Waals surface area contributed by atoms with E-state index in [1.54, 1.807) is 34.8 Å². The van der Waals surface area contributed by atoms with E-state index in [2.05, 4.69) is 26.2 Å². The van der Waals surface area contributed by atoms with Gasteiger partial charge in [-0.25, -0.2) is 4.98 Å². The highest BCUT2D eigenvalue weighted by atomic mass is 79.9. The van der Waals surface area contributed by atoms with E-state index in [0.29, 0.717) is 5.56 Å². The van der Waals surface area contributed by atoms with Gasteiger partial charge in [-0.15, -0.1) is 22.7 Å². The highest BCUT2D eigenvalue weighted by Gasteiger charge is 2.13. The van der Waals surface area contributed by atoms with Gasteiger partial charge in [-0.05, 0) is 44.2 Å². The molecule has 0 spiro atoms. The van der Waals surface area contributed by atoms with Crippen LogP contribution in [0.15, 0.2) is 40.2 Å². The topological polar surface area (TPSA) is 42.0 Å². The number of aryl methyl sites for hydroxylation is 2. The molecule has 0 radical (unpaired) electrons. The number of aromatic nitrogens is 1. The monoisotopic (exact) mass is 392 g/mol. The van der Waals surface area contributed by atoms with E-state index in [9.17, 15) is 4.79 Å². The number of amides is 1. The van der Waals surface area contributed by atoms with E-state index >= 15 is 0 Å². The lowest BCUT2D eigenvalue weighted by Gasteiger charge is -2.04. The van der Waals surface area contributed by atoms with E-state index in [4.69, 9.17) is 0 Å². The molecule has 1 aromatic carbocycles. The number of rotatable bonds is 3. The van der Waals surface area contributed by atoms with Gasteiger partial charge in [0.2, 0.25) is 0 Å². The molecule has 22 heavy (non-hydrogen) atoms. The van der Waals surface area contributed by atoms with Crippen molar-refractivity contribution in [2.75, 3.05) is 5.32 Å². The predicted molar refractivity (Wildman–Crippen MR) is 97.0 cm³/mol. The fraction of sp³-hybridized carbons (Fsp3) is 0.125. The molecule has 0 atom stereocenters. The molecular formula is C16H13BrN2OS2. The summed E-state index contributed by atoms with van der Waals surface area (Å²) in [5.74, 6) is -0.102. The van der Waals surface area contributed by atoms with Gasteiger partial charge in [-0.2, -0.15) is 0 Å². The van der Waals surface area contributed by atoms with Gasteiger partial charge in [-0.1, -0.05) is 15.9 Å². The van der Waals surface area contributed by atoms with Gasteiger partial charge in [0.15, 0.2) is 0 Å². The van der Waals surface area contributed by atoms with Crippen molar-refractivity contribution >= 4 is 50.2 Å². The number of thiophene rings is 1. The zero-order chi connectivity index (χ0) is 15.7. The minimum Gasteiger partial charge on any atom is -0.321 e. The lowest BCUT2D eigenvalue weighted by Crippen LogP contribution is -2.11. The van der Waals surface area contributed by atoms with Crippen LogP contribution in [0, 0.1) is 13.8 Å². The van der Waals surface area contributed by atoms with Crippen LogP contribution >= 0.6 is 38.6 Å². The Kier molecular flexibility index (Phi) is 4.42. The van der Waals surface area contributed by atoms with Crippen molar-refractivity contribution in [3.8, 4) is 9.88 Å². The Hall–Kier alpha value is -1.50. The summed E-state index contributed by atoms with van der Waals surface area (Å²) in [6.45, 7) is 3.99. The van der Waals surface area contributed by atoms with Gasteiger partial charge >= 0.3 is 0 Å². The van der Waals surface area contributed by atoms with Crippen LogP contribution in [0.1, 0.15) is 20.9 Å². The Morgan fingerprint density at radius 1 is 1.23 bits per heavy atom. The lowest BCUT2D eigenvalue weighted by atomic mass is 10.2. The first-order valence-corrected chi connectivity index (χ1v) is 9.11. The second-order valence-corrected chi connectivity index (χ2v) is 7.87. The third-order valence-electron chi connectivity index (χ3n) is 3.10. The first kappa shape index (κ1) is 15.4. The van der Waals surface area contributed by atoms with Crippen LogP contribution in [-0.4, -0.2) is 10.9 Å². The van der Waals surface area contributed by atoms with Crippen molar-refractivity contribution in [3.05, 3.63) is 56.3 Å². The first-order valence-electron chi connectivity index (χ1n) is 6.63. The van der Waals surface area contributed by atoms with Gasteiger partial charge in [0, 0.05) is 26.0 Å². The fourth-order valence-corrected chi connectivity index (χ4v) is 4.07. The number of hydrogen-bond acceptors (Lipinski definition) is 4. The maximum Gasteiger partial charge on any atom is 0.255 e. The molecule has 1 N–H and O–H groups in total. The number of carbonyl (C=O) groups is 1. The Labute approximate surface area is 145 Å². The molecule has 0 bridgehead atoms. The molecule has 2 heterocycles. The van der Waals surface area contributed by atoms with Crippen LogP contribution in [0.5, 0.6) is 0 Å². The van der Waals surface area contributed by atoms with E-state index in [-0.39, 0.29) is 5.91 Å². The molecule has 0 saturated carbocycles. The summed E-state index contributed by atoms with van der Waals surface area (Å²) >= 11 is 6.64. The molecule has 0 unspecified atom stereocenters. The van der Waals surface area contributed by atoms with Gasteiger partial charge in [0.05, 0.1) is 10.6 Å². The summed E-state index contributed by atoms with van der Waals surface area (Å²) in [7, 11) is 0. The quantitative estimate of drug-likeness (QED) is 0.638.